The number of hydrogen-bond donors (Lipinski definition) is 2. The number of aromatic nitrogens is 1. The number of piperazine rings is 1. The normalized spacial score (nSPS) is 19.0. The monoisotopic (exact) mass is 324 g/mol. The Hall–Kier alpha value is -2.11. The molecule has 3 heterocycles. The fourth-order valence-corrected chi connectivity index (χ4v) is 3.58. The van der Waals surface area contributed by atoms with E-state index in [1.165, 1.54) is 11.3 Å². The standard InChI is InChI=1S/C19H24N4O/c24-18(16-4-5-17-15(13-16)6-8-20-17)14-22-9-11-23(12-10-22)19-3-1-2-7-21-19/h1-5,7,13,18,20,24H,6,8-12,14H2/t18-/m1/s1. The first kappa shape index (κ1) is 15.4. The van der Waals surface area contributed by atoms with Gasteiger partial charge in [0.25, 0.3) is 0 Å². The molecule has 1 atom stereocenters. The van der Waals surface area contributed by atoms with Crippen LogP contribution in [0.2, 0.25) is 0 Å². The number of pyridine rings is 1. The van der Waals surface area contributed by atoms with Crippen molar-refractivity contribution in [3.63, 3.8) is 0 Å². The van der Waals surface area contributed by atoms with Crippen LogP contribution in [0.25, 0.3) is 0 Å². The molecule has 1 aromatic heterocycles. The Kier molecular flexibility index (Phi) is 4.36. The summed E-state index contributed by atoms with van der Waals surface area (Å²) in [6.45, 7) is 5.53. The molecule has 5 nitrogen and oxygen atoms in total. The minimum absolute atomic E-state index is 0.419. The van der Waals surface area contributed by atoms with Gasteiger partial charge in [0.2, 0.25) is 0 Å². The number of aliphatic hydroxyl groups excluding tert-OH is 1. The van der Waals surface area contributed by atoms with Crippen molar-refractivity contribution in [1.82, 2.24) is 9.88 Å². The highest BCUT2D eigenvalue weighted by atomic mass is 16.3. The lowest BCUT2D eigenvalue weighted by molar-refractivity contribution is 0.109. The van der Waals surface area contributed by atoms with E-state index in [1.807, 2.05) is 24.4 Å². The van der Waals surface area contributed by atoms with E-state index in [2.05, 4.69) is 38.3 Å². The summed E-state index contributed by atoms with van der Waals surface area (Å²) in [5.41, 5.74) is 3.58. The van der Waals surface area contributed by atoms with Gasteiger partial charge in [0.15, 0.2) is 0 Å². The van der Waals surface area contributed by atoms with Crippen molar-refractivity contribution in [3.05, 3.63) is 53.7 Å². The van der Waals surface area contributed by atoms with Crippen LogP contribution in [0.1, 0.15) is 17.2 Å². The van der Waals surface area contributed by atoms with Crippen molar-refractivity contribution in [1.29, 1.82) is 0 Å². The lowest BCUT2D eigenvalue weighted by Gasteiger charge is -2.36. The zero-order chi connectivity index (χ0) is 16.4. The van der Waals surface area contributed by atoms with Crippen LogP contribution >= 0.6 is 0 Å². The highest BCUT2D eigenvalue weighted by Crippen LogP contribution is 2.26. The van der Waals surface area contributed by atoms with Crippen LogP contribution in [0, 0.1) is 0 Å². The Morgan fingerprint density at radius 1 is 1.12 bits per heavy atom. The lowest BCUT2D eigenvalue weighted by Crippen LogP contribution is -2.47. The molecule has 0 spiro atoms. The molecule has 0 bridgehead atoms. The predicted molar refractivity (Wildman–Crippen MR) is 96.5 cm³/mol. The quantitative estimate of drug-likeness (QED) is 0.900. The molecule has 2 aromatic rings. The second kappa shape index (κ2) is 6.79. The lowest BCUT2D eigenvalue weighted by atomic mass is 10.0. The molecule has 1 fully saturated rings. The Morgan fingerprint density at radius 2 is 2.00 bits per heavy atom. The smallest absolute Gasteiger partial charge is 0.128 e. The van der Waals surface area contributed by atoms with E-state index in [9.17, 15) is 5.11 Å². The number of hydrogen-bond acceptors (Lipinski definition) is 5. The molecular weight excluding hydrogens is 300 g/mol. The van der Waals surface area contributed by atoms with Gasteiger partial charge in [-0.1, -0.05) is 18.2 Å². The number of aliphatic hydroxyl groups is 1. The summed E-state index contributed by atoms with van der Waals surface area (Å²) in [7, 11) is 0. The van der Waals surface area contributed by atoms with Crippen molar-refractivity contribution in [2.45, 2.75) is 12.5 Å². The van der Waals surface area contributed by atoms with Crippen LogP contribution < -0.4 is 10.2 Å². The van der Waals surface area contributed by atoms with Crippen molar-refractivity contribution in [3.8, 4) is 0 Å². The summed E-state index contributed by atoms with van der Waals surface area (Å²) in [4.78, 5) is 9.07. The average Bonchev–Trinajstić information content (AvgIpc) is 3.11. The molecule has 0 amide bonds. The summed E-state index contributed by atoms with van der Waals surface area (Å²) in [5.74, 6) is 1.05. The number of nitrogens with zero attached hydrogens (tertiary/aromatic N) is 3. The first-order valence-electron chi connectivity index (χ1n) is 8.73. The van der Waals surface area contributed by atoms with Gasteiger partial charge in [0.1, 0.15) is 5.82 Å². The van der Waals surface area contributed by atoms with Crippen LogP contribution in [0.4, 0.5) is 11.5 Å². The fraction of sp³-hybridized carbons (Fsp3) is 0.421. The van der Waals surface area contributed by atoms with Gasteiger partial charge < -0.3 is 15.3 Å². The predicted octanol–water partition coefficient (Wildman–Crippen LogP) is 1.91. The number of rotatable bonds is 4. The molecule has 126 valence electrons. The molecule has 0 saturated carbocycles. The molecule has 2 aliphatic rings. The van der Waals surface area contributed by atoms with Crippen molar-refractivity contribution in [2.24, 2.45) is 0 Å². The topological polar surface area (TPSA) is 51.6 Å². The van der Waals surface area contributed by atoms with Crippen LogP contribution in [0.15, 0.2) is 42.6 Å². The number of benzene rings is 1. The van der Waals surface area contributed by atoms with E-state index in [-0.39, 0.29) is 0 Å². The fourth-order valence-electron chi connectivity index (χ4n) is 3.58. The van der Waals surface area contributed by atoms with Crippen LogP contribution in [0.3, 0.4) is 0 Å². The summed E-state index contributed by atoms with van der Waals surface area (Å²) in [6.07, 6.45) is 2.48. The molecule has 0 aliphatic carbocycles. The molecule has 2 N–H and O–H groups in total. The van der Waals surface area contributed by atoms with E-state index in [4.69, 9.17) is 0 Å². The summed E-state index contributed by atoms with van der Waals surface area (Å²) in [5, 5.41) is 14.0. The van der Waals surface area contributed by atoms with Crippen molar-refractivity contribution < 1.29 is 5.11 Å². The molecule has 0 radical (unpaired) electrons. The third kappa shape index (κ3) is 3.23. The second-order valence-electron chi connectivity index (χ2n) is 6.58. The third-order valence-electron chi connectivity index (χ3n) is 5.00. The van der Waals surface area contributed by atoms with Gasteiger partial charge in [0.05, 0.1) is 6.10 Å². The van der Waals surface area contributed by atoms with Gasteiger partial charge >= 0.3 is 0 Å². The largest absolute Gasteiger partial charge is 0.387 e. The summed E-state index contributed by atoms with van der Waals surface area (Å²) in [6, 6.07) is 12.3. The van der Waals surface area contributed by atoms with Gasteiger partial charge in [-0.2, -0.15) is 0 Å². The molecule has 2 aliphatic heterocycles. The first-order chi connectivity index (χ1) is 11.8. The van der Waals surface area contributed by atoms with E-state index in [1.54, 1.807) is 0 Å². The third-order valence-corrected chi connectivity index (χ3v) is 5.00. The van der Waals surface area contributed by atoms with Gasteiger partial charge in [-0.25, -0.2) is 4.98 Å². The van der Waals surface area contributed by atoms with Crippen molar-refractivity contribution >= 4 is 11.5 Å². The Balaban J connectivity index is 1.33. The molecule has 4 rings (SSSR count). The minimum atomic E-state index is -0.419. The minimum Gasteiger partial charge on any atom is -0.387 e. The van der Waals surface area contributed by atoms with Crippen LogP contribution in [-0.4, -0.2) is 54.3 Å². The Labute approximate surface area is 142 Å². The maximum atomic E-state index is 10.6. The van der Waals surface area contributed by atoms with Crippen molar-refractivity contribution in [2.75, 3.05) is 49.5 Å². The molecule has 0 unspecified atom stereocenters. The molecule has 1 saturated heterocycles. The number of β-amino-alcohol motifs (C(OH)–C–C–N with tert-alkyl or cyclic N) is 1. The average molecular weight is 324 g/mol. The zero-order valence-electron chi connectivity index (χ0n) is 13.9. The van der Waals surface area contributed by atoms with Crippen LogP contribution in [-0.2, 0) is 6.42 Å². The van der Waals surface area contributed by atoms with E-state index in [0.717, 1.165) is 50.5 Å². The molecular formula is C19H24N4O. The number of anilines is 2. The summed E-state index contributed by atoms with van der Waals surface area (Å²) >= 11 is 0. The number of fused-ring (bicyclic) bond motifs is 1. The molecule has 1 aromatic carbocycles. The highest BCUT2D eigenvalue weighted by molar-refractivity contribution is 5.56. The maximum Gasteiger partial charge on any atom is 0.128 e. The molecule has 24 heavy (non-hydrogen) atoms. The van der Waals surface area contributed by atoms with Gasteiger partial charge in [-0.3, -0.25) is 4.90 Å². The summed E-state index contributed by atoms with van der Waals surface area (Å²) < 4.78 is 0. The van der Waals surface area contributed by atoms with E-state index in [0.29, 0.717) is 6.54 Å². The second-order valence-corrected chi connectivity index (χ2v) is 6.58. The number of nitrogens with one attached hydrogen (secondary N) is 1. The van der Waals surface area contributed by atoms with E-state index >= 15 is 0 Å². The van der Waals surface area contributed by atoms with E-state index < -0.39 is 6.10 Å². The van der Waals surface area contributed by atoms with Gasteiger partial charge in [-0.15, -0.1) is 0 Å². The Morgan fingerprint density at radius 3 is 2.79 bits per heavy atom. The first-order valence-corrected chi connectivity index (χ1v) is 8.73. The molecule has 5 heteroatoms. The Bertz CT molecular complexity index is 683. The highest BCUT2D eigenvalue weighted by Gasteiger charge is 2.21. The van der Waals surface area contributed by atoms with Gasteiger partial charge in [-0.05, 0) is 35.7 Å². The SMILES string of the molecule is O[C@H](CN1CCN(c2ccccn2)CC1)c1ccc2c(c1)CCN2. The van der Waals surface area contributed by atoms with Crippen LogP contribution in [0.5, 0.6) is 0 Å². The van der Waals surface area contributed by atoms with Gasteiger partial charge in [0, 0.05) is 51.2 Å². The zero-order valence-corrected chi connectivity index (χ0v) is 13.9. The maximum absolute atomic E-state index is 10.6.